The molecule has 1 unspecified atom stereocenters. The normalized spacial score (nSPS) is 21.3. The van der Waals surface area contributed by atoms with Crippen LogP contribution >= 0.6 is 0 Å². The molecule has 2 aliphatic rings. The molecule has 1 aliphatic heterocycles. The van der Waals surface area contributed by atoms with Crippen molar-refractivity contribution in [2.24, 2.45) is 13.0 Å². The van der Waals surface area contributed by atoms with Crippen molar-refractivity contribution in [3.8, 4) is 0 Å². The number of aromatic nitrogens is 2. The summed E-state index contributed by atoms with van der Waals surface area (Å²) >= 11 is 0. The van der Waals surface area contributed by atoms with Crippen LogP contribution in [0.1, 0.15) is 25.7 Å². The number of anilines is 1. The van der Waals surface area contributed by atoms with Crippen molar-refractivity contribution >= 4 is 27.7 Å². The van der Waals surface area contributed by atoms with Gasteiger partial charge in [-0.05, 0) is 31.6 Å². The number of nitrogens with zero attached hydrogens (tertiary/aromatic N) is 4. The lowest BCUT2D eigenvalue weighted by molar-refractivity contribution is -0.125. The first-order valence-electron chi connectivity index (χ1n) is 8.80. The highest BCUT2D eigenvalue weighted by molar-refractivity contribution is 7.88. The van der Waals surface area contributed by atoms with Gasteiger partial charge in [-0.25, -0.2) is 8.42 Å². The van der Waals surface area contributed by atoms with Crippen molar-refractivity contribution in [2.75, 3.05) is 30.8 Å². The fraction of sp³-hybridized carbons (Fsp3) is 0.688. The summed E-state index contributed by atoms with van der Waals surface area (Å²) in [6.07, 6.45) is 5.87. The minimum absolute atomic E-state index is 0.319. The average Bonchev–Trinajstić information content (AvgIpc) is 3.31. The van der Waals surface area contributed by atoms with Gasteiger partial charge in [-0.2, -0.15) is 9.40 Å². The molecule has 1 aromatic heterocycles. The predicted octanol–water partition coefficient (Wildman–Crippen LogP) is -0.297. The summed E-state index contributed by atoms with van der Waals surface area (Å²) in [5, 5.41) is 6.83. The molecule has 2 fully saturated rings. The van der Waals surface area contributed by atoms with Crippen LogP contribution in [0.25, 0.3) is 0 Å². The topological polar surface area (TPSA) is 105 Å². The molecule has 0 bridgehead atoms. The van der Waals surface area contributed by atoms with Gasteiger partial charge in [0.15, 0.2) is 0 Å². The molecule has 10 heteroatoms. The monoisotopic (exact) mass is 383 g/mol. The van der Waals surface area contributed by atoms with E-state index in [1.807, 2.05) is 0 Å². The highest BCUT2D eigenvalue weighted by Gasteiger charge is 2.39. The van der Waals surface area contributed by atoms with Gasteiger partial charge >= 0.3 is 0 Å². The molecule has 1 aliphatic carbocycles. The fourth-order valence-electron chi connectivity index (χ4n) is 3.22. The summed E-state index contributed by atoms with van der Waals surface area (Å²) < 4.78 is 27.2. The maximum absolute atomic E-state index is 13.0. The lowest BCUT2D eigenvalue weighted by Crippen LogP contribution is -2.56. The quantitative estimate of drug-likeness (QED) is 0.696. The van der Waals surface area contributed by atoms with Gasteiger partial charge in [0.2, 0.25) is 21.8 Å². The van der Waals surface area contributed by atoms with Crippen molar-refractivity contribution < 1.29 is 18.0 Å². The second kappa shape index (κ2) is 7.36. The number of carbonyl (C=O) groups excluding carboxylic acids is 2. The molecule has 9 nitrogen and oxygen atoms in total. The first kappa shape index (κ1) is 18.8. The maximum atomic E-state index is 13.0. The first-order valence-corrected chi connectivity index (χ1v) is 10.6. The number of amides is 2. The van der Waals surface area contributed by atoms with Crippen LogP contribution in [0.4, 0.5) is 5.82 Å². The molecule has 2 amide bonds. The number of rotatable bonds is 7. The highest BCUT2D eigenvalue weighted by atomic mass is 32.2. The number of hydrogen-bond acceptors (Lipinski definition) is 5. The Morgan fingerprint density at radius 3 is 2.69 bits per heavy atom. The second-order valence-electron chi connectivity index (χ2n) is 7.02. The fourth-order valence-corrected chi connectivity index (χ4v) is 4.23. The van der Waals surface area contributed by atoms with Crippen LogP contribution in [0.2, 0.25) is 0 Å². The molecule has 1 saturated carbocycles. The van der Waals surface area contributed by atoms with Crippen molar-refractivity contribution in [3.05, 3.63) is 12.3 Å². The zero-order valence-electron chi connectivity index (χ0n) is 15.1. The molecule has 144 valence electrons. The summed E-state index contributed by atoms with van der Waals surface area (Å²) in [6.45, 7) is 0.734. The second-order valence-corrected chi connectivity index (χ2v) is 8.95. The van der Waals surface area contributed by atoms with Gasteiger partial charge in [0.1, 0.15) is 11.9 Å². The van der Waals surface area contributed by atoms with Gasteiger partial charge in [0, 0.05) is 26.2 Å². The summed E-state index contributed by atoms with van der Waals surface area (Å²) in [5.41, 5.74) is 0. The number of hydrogen-bond donors (Lipinski definition) is 1. The minimum atomic E-state index is -3.72. The van der Waals surface area contributed by atoms with E-state index >= 15 is 0 Å². The van der Waals surface area contributed by atoms with Crippen LogP contribution in [0, 0.1) is 5.92 Å². The molecule has 1 atom stereocenters. The van der Waals surface area contributed by atoms with E-state index in [0.29, 0.717) is 37.7 Å². The Labute approximate surface area is 153 Å². The highest BCUT2D eigenvalue weighted by Crippen LogP contribution is 2.28. The largest absolute Gasteiger partial charge is 0.355 e. The van der Waals surface area contributed by atoms with E-state index in [-0.39, 0.29) is 18.4 Å². The van der Waals surface area contributed by atoms with E-state index in [2.05, 4.69) is 10.4 Å². The Kier molecular flexibility index (Phi) is 5.33. The lowest BCUT2D eigenvalue weighted by Gasteiger charge is -2.36. The molecular formula is C16H25N5O4S. The zero-order chi connectivity index (χ0) is 18.9. The van der Waals surface area contributed by atoms with Gasteiger partial charge in [-0.3, -0.25) is 19.2 Å². The van der Waals surface area contributed by atoms with Crippen LogP contribution in [0.15, 0.2) is 12.3 Å². The van der Waals surface area contributed by atoms with E-state index in [1.54, 1.807) is 28.9 Å². The van der Waals surface area contributed by atoms with Gasteiger partial charge in [-0.15, -0.1) is 0 Å². The smallest absolute Gasteiger partial charge is 0.246 e. The maximum Gasteiger partial charge on any atom is 0.246 e. The van der Waals surface area contributed by atoms with Crippen LogP contribution in [-0.4, -0.2) is 66.2 Å². The van der Waals surface area contributed by atoms with E-state index in [4.69, 9.17) is 0 Å². The Morgan fingerprint density at radius 1 is 1.38 bits per heavy atom. The van der Waals surface area contributed by atoms with Crippen LogP contribution < -0.4 is 10.2 Å². The third-order valence-electron chi connectivity index (χ3n) is 4.84. The van der Waals surface area contributed by atoms with Crippen LogP contribution in [0.3, 0.4) is 0 Å². The first-order chi connectivity index (χ1) is 12.3. The Balaban J connectivity index is 1.75. The summed E-state index contributed by atoms with van der Waals surface area (Å²) in [7, 11) is -1.99. The van der Waals surface area contributed by atoms with Gasteiger partial charge in [0.25, 0.3) is 0 Å². The summed E-state index contributed by atoms with van der Waals surface area (Å²) in [6, 6.07) is 0.841. The number of piperidine rings is 1. The number of nitrogens with one attached hydrogen (secondary N) is 1. The molecule has 2 heterocycles. The van der Waals surface area contributed by atoms with Crippen molar-refractivity contribution in [1.82, 2.24) is 19.4 Å². The Hall–Kier alpha value is -1.94. The number of aryl methyl sites for hydroxylation is 1. The van der Waals surface area contributed by atoms with Gasteiger partial charge in [-0.1, -0.05) is 0 Å². The van der Waals surface area contributed by atoms with E-state index in [0.717, 1.165) is 23.4 Å². The lowest BCUT2D eigenvalue weighted by atomic mass is 10.0. The molecule has 1 aromatic rings. The van der Waals surface area contributed by atoms with E-state index in [1.165, 1.54) is 0 Å². The number of carbonyl (C=O) groups is 2. The Morgan fingerprint density at radius 2 is 2.12 bits per heavy atom. The molecular weight excluding hydrogens is 358 g/mol. The molecule has 0 spiro atoms. The Bertz CT molecular complexity index is 786. The summed E-state index contributed by atoms with van der Waals surface area (Å²) in [4.78, 5) is 26.7. The summed E-state index contributed by atoms with van der Waals surface area (Å²) in [5.74, 6) is 0.432. The minimum Gasteiger partial charge on any atom is -0.355 e. The third kappa shape index (κ3) is 4.24. The SMILES string of the molecule is Cn1nccc1N1CCCC(N(CC(=O)NCC2CC2)S(C)(=O)=O)C1=O. The zero-order valence-corrected chi connectivity index (χ0v) is 15.9. The van der Waals surface area contributed by atoms with E-state index in [9.17, 15) is 18.0 Å². The van der Waals surface area contributed by atoms with Crippen LogP contribution in [-0.2, 0) is 26.7 Å². The van der Waals surface area contributed by atoms with Gasteiger partial charge < -0.3 is 5.32 Å². The van der Waals surface area contributed by atoms with Gasteiger partial charge in [0.05, 0.1) is 19.0 Å². The predicted molar refractivity (Wildman–Crippen MR) is 95.9 cm³/mol. The van der Waals surface area contributed by atoms with Crippen molar-refractivity contribution in [1.29, 1.82) is 0 Å². The molecule has 1 N–H and O–H groups in total. The van der Waals surface area contributed by atoms with E-state index < -0.39 is 16.1 Å². The molecule has 3 rings (SSSR count). The molecule has 26 heavy (non-hydrogen) atoms. The van der Waals surface area contributed by atoms with Crippen molar-refractivity contribution in [2.45, 2.75) is 31.7 Å². The molecule has 1 saturated heterocycles. The van der Waals surface area contributed by atoms with Crippen LogP contribution in [0.5, 0.6) is 0 Å². The number of sulfonamides is 1. The molecule has 0 aromatic carbocycles. The third-order valence-corrected chi connectivity index (χ3v) is 6.08. The average molecular weight is 383 g/mol. The van der Waals surface area contributed by atoms with Crippen molar-refractivity contribution in [3.63, 3.8) is 0 Å². The molecule has 0 radical (unpaired) electrons. The standard InChI is InChI=1S/C16H25N5O4S/c1-19-15(7-8-18-19)20-9-3-4-13(16(20)23)21(26(2,24)25)11-14(22)17-10-12-5-6-12/h7-8,12-13H,3-6,9-11H2,1-2H3,(H,17,22).